The van der Waals surface area contributed by atoms with Gasteiger partial charge >= 0.3 is 5.97 Å². The number of esters is 1. The average Bonchev–Trinajstić information content (AvgIpc) is 3.23. The lowest BCUT2D eigenvalue weighted by Crippen LogP contribution is -2.12. The number of nitrogens with zero attached hydrogens (tertiary/aromatic N) is 2. The van der Waals surface area contributed by atoms with Crippen molar-refractivity contribution in [1.82, 2.24) is 9.78 Å². The van der Waals surface area contributed by atoms with Gasteiger partial charge < -0.3 is 4.74 Å². The summed E-state index contributed by atoms with van der Waals surface area (Å²) >= 11 is 0.229. The first kappa shape index (κ1) is 24.5. The zero-order chi connectivity index (χ0) is 26.3. The molecule has 1 aromatic heterocycles. The van der Waals surface area contributed by atoms with E-state index in [0.717, 1.165) is 10.8 Å². The van der Waals surface area contributed by atoms with Crippen LogP contribution in [0, 0.1) is 36.0 Å². The van der Waals surface area contributed by atoms with E-state index in [0.29, 0.717) is 5.69 Å². The number of ether oxygens (including phenoxy) is 1. The Morgan fingerprint density at radius 3 is 2.03 bits per heavy atom. The van der Waals surface area contributed by atoms with Crippen LogP contribution in [0.25, 0.3) is 16.5 Å². The summed E-state index contributed by atoms with van der Waals surface area (Å²) < 4.78 is 77.1. The van der Waals surface area contributed by atoms with Gasteiger partial charge in [0.1, 0.15) is 0 Å². The van der Waals surface area contributed by atoms with Crippen LogP contribution < -0.4 is 4.74 Å². The molecule has 1 heterocycles. The SMILES string of the molecule is Cc1nn(-c2ccccc2)c(OC(=O)c2ccc3ccccc3c2)c1Sc1c(F)c(F)c(F)c(F)c1F. The Hall–Kier alpha value is -4.18. The van der Waals surface area contributed by atoms with Crippen molar-refractivity contribution in [3.05, 3.63) is 113 Å². The predicted octanol–water partition coefficient (Wildman–Crippen LogP) is 7.40. The summed E-state index contributed by atoms with van der Waals surface area (Å²) in [6, 6.07) is 20.7. The van der Waals surface area contributed by atoms with Gasteiger partial charge in [-0.25, -0.2) is 26.7 Å². The number of hydrogen-bond acceptors (Lipinski definition) is 4. The summed E-state index contributed by atoms with van der Waals surface area (Å²) in [5, 5.41) is 5.98. The molecule has 5 aromatic rings. The fraction of sp³-hybridized carbons (Fsp3) is 0.0370. The molecule has 5 rings (SSSR count). The van der Waals surface area contributed by atoms with Crippen molar-refractivity contribution in [3.8, 4) is 11.6 Å². The third-order valence-corrected chi connectivity index (χ3v) is 6.75. The van der Waals surface area contributed by atoms with Gasteiger partial charge in [0, 0.05) is 0 Å². The van der Waals surface area contributed by atoms with E-state index in [2.05, 4.69) is 5.10 Å². The summed E-state index contributed by atoms with van der Waals surface area (Å²) in [6.45, 7) is 1.46. The maximum Gasteiger partial charge on any atom is 0.344 e. The highest BCUT2D eigenvalue weighted by Gasteiger charge is 2.30. The second kappa shape index (κ2) is 9.70. The molecule has 0 unspecified atom stereocenters. The van der Waals surface area contributed by atoms with Crippen LogP contribution in [-0.4, -0.2) is 15.7 Å². The Balaban J connectivity index is 1.62. The Bertz CT molecular complexity index is 1640. The number of hydrogen-bond donors (Lipinski definition) is 0. The van der Waals surface area contributed by atoms with Crippen molar-refractivity contribution in [3.63, 3.8) is 0 Å². The largest absolute Gasteiger partial charge is 0.402 e. The third-order valence-electron chi connectivity index (χ3n) is 5.51. The number of carbonyl (C=O) groups is 1. The third kappa shape index (κ3) is 4.44. The molecule has 0 saturated heterocycles. The standard InChI is InChI=1S/C27H15F5N2O2S/c1-14-24(37-25-22(31)20(29)19(28)21(30)23(25)32)26(34(33-14)18-9-3-2-4-10-18)36-27(35)17-12-11-15-7-5-6-8-16(15)13-17/h2-13H,1H3. The first-order valence-corrected chi connectivity index (χ1v) is 11.6. The molecule has 0 fully saturated rings. The number of rotatable bonds is 5. The molecule has 37 heavy (non-hydrogen) atoms. The smallest absolute Gasteiger partial charge is 0.344 e. The number of benzene rings is 4. The minimum Gasteiger partial charge on any atom is -0.402 e. The fourth-order valence-corrected chi connectivity index (χ4v) is 4.65. The van der Waals surface area contributed by atoms with Crippen LogP contribution in [0.15, 0.2) is 82.6 Å². The summed E-state index contributed by atoms with van der Waals surface area (Å²) in [7, 11) is 0. The summed E-state index contributed by atoms with van der Waals surface area (Å²) in [5.41, 5.74) is 0.764. The average molecular weight is 526 g/mol. The topological polar surface area (TPSA) is 44.1 Å². The van der Waals surface area contributed by atoms with Gasteiger partial charge in [-0.2, -0.15) is 9.78 Å². The van der Waals surface area contributed by atoms with E-state index in [4.69, 9.17) is 4.74 Å². The van der Waals surface area contributed by atoms with Crippen LogP contribution in [0.2, 0.25) is 0 Å². The van der Waals surface area contributed by atoms with Crippen molar-refractivity contribution >= 4 is 28.5 Å². The van der Waals surface area contributed by atoms with E-state index in [9.17, 15) is 26.7 Å². The molecule has 0 spiro atoms. The second-order valence-corrected chi connectivity index (χ2v) is 8.94. The van der Waals surface area contributed by atoms with E-state index in [1.165, 1.54) is 11.6 Å². The molecule has 0 radical (unpaired) electrons. The number of halogens is 5. The van der Waals surface area contributed by atoms with Gasteiger partial charge in [0.05, 0.1) is 26.7 Å². The number of aryl methyl sites for hydroxylation is 1. The molecule has 0 aliphatic heterocycles. The molecular formula is C27H15F5N2O2S. The summed E-state index contributed by atoms with van der Waals surface area (Å²) in [4.78, 5) is 11.9. The molecule has 0 atom stereocenters. The highest BCUT2D eigenvalue weighted by molar-refractivity contribution is 7.99. The minimum atomic E-state index is -2.26. The minimum absolute atomic E-state index is 0.0961. The molecular weight excluding hydrogens is 511 g/mol. The van der Waals surface area contributed by atoms with E-state index < -0.39 is 40.0 Å². The monoisotopic (exact) mass is 526 g/mol. The zero-order valence-electron chi connectivity index (χ0n) is 18.9. The molecule has 0 saturated carbocycles. The zero-order valence-corrected chi connectivity index (χ0v) is 19.8. The predicted molar refractivity (Wildman–Crippen MR) is 128 cm³/mol. The van der Waals surface area contributed by atoms with Crippen molar-refractivity contribution in [2.45, 2.75) is 16.7 Å². The highest BCUT2D eigenvalue weighted by Crippen LogP contribution is 2.42. The van der Waals surface area contributed by atoms with Gasteiger partial charge in [-0.05, 0) is 42.0 Å². The van der Waals surface area contributed by atoms with Crippen LogP contribution in [-0.2, 0) is 0 Å². The van der Waals surface area contributed by atoms with Gasteiger partial charge in [0.2, 0.25) is 11.7 Å². The van der Waals surface area contributed by atoms with Gasteiger partial charge in [-0.15, -0.1) is 0 Å². The summed E-state index contributed by atoms with van der Waals surface area (Å²) in [5.74, 6) is -11.5. The Kier molecular flexibility index (Phi) is 6.43. The molecule has 10 heteroatoms. The van der Waals surface area contributed by atoms with Crippen LogP contribution in [0.4, 0.5) is 22.0 Å². The van der Waals surface area contributed by atoms with Gasteiger partial charge in [0.15, 0.2) is 23.3 Å². The van der Waals surface area contributed by atoms with Crippen molar-refractivity contribution in [2.75, 3.05) is 0 Å². The van der Waals surface area contributed by atoms with E-state index in [-0.39, 0.29) is 33.8 Å². The number of carbonyl (C=O) groups excluding carboxylic acids is 1. The molecule has 186 valence electrons. The van der Waals surface area contributed by atoms with Crippen LogP contribution in [0.1, 0.15) is 16.1 Å². The van der Waals surface area contributed by atoms with Gasteiger partial charge in [-0.1, -0.05) is 60.3 Å². The van der Waals surface area contributed by atoms with Crippen molar-refractivity contribution in [1.29, 1.82) is 0 Å². The van der Waals surface area contributed by atoms with Crippen molar-refractivity contribution in [2.24, 2.45) is 0 Å². The van der Waals surface area contributed by atoms with Crippen LogP contribution in [0.3, 0.4) is 0 Å². The maximum atomic E-state index is 14.5. The van der Waals surface area contributed by atoms with Crippen LogP contribution >= 0.6 is 11.8 Å². The second-order valence-electron chi connectivity index (χ2n) is 7.92. The first-order valence-electron chi connectivity index (χ1n) is 10.8. The lowest BCUT2D eigenvalue weighted by molar-refractivity contribution is 0.0718. The molecule has 0 N–H and O–H groups in total. The highest BCUT2D eigenvalue weighted by atomic mass is 32.2. The Morgan fingerprint density at radius 1 is 0.757 bits per heavy atom. The summed E-state index contributed by atoms with van der Waals surface area (Å²) in [6.07, 6.45) is 0. The molecule has 4 aromatic carbocycles. The number of aromatic nitrogens is 2. The van der Waals surface area contributed by atoms with Gasteiger partial charge in [-0.3, -0.25) is 0 Å². The molecule has 0 aliphatic rings. The fourth-order valence-electron chi connectivity index (χ4n) is 3.68. The normalized spacial score (nSPS) is 11.2. The first-order chi connectivity index (χ1) is 17.8. The molecule has 0 amide bonds. The molecule has 0 bridgehead atoms. The lowest BCUT2D eigenvalue weighted by atomic mass is 10.1. The number of fused-ring (bicyclic) bond motifs is 1. The van der Waals surface area contributed by atoms with Crippen molar-refractivity contribution < 1.29 is 31.5 Å². The van der Waals surface area contributed by atoms with E-state index in [1.54, 1.807) is 48.5 Å². The Labute approximate surface area is 211 Å². The quantitative estimate of drug-likeness (QED) is 0.104. The number of para-hydroxylation sites is 1. The Morgan fingerprint density at radius 2 is 1.35 bits per heavy atom. The molecule has 4 nitrogen and oxygen atoms in total. The molecule has 0 aliphatic carbocycles. The lowest BCUT2D eigenvalue weighted by Gasteiger charge is -2.12. The van der Waals surface area contributed by atoms with Crippen LogP contribution in [0.5, 0.6) is 5.88 Å². The van der Waals surface area contributed by atoms with E-state index >= 15 is 0 Å². The van der Waals surface area contributed by atoms with Gasteiger partial charge in [0.25, 0.3) is 0 Å². The maximum absolute atomic E-state index is 14.5. The van der Waals surface area contributed by atoms with E-state index in [1.807, 2.05) is 24.3 Å².